The minimum atomic E-state index is -0.506. The summed E-state index contributed by atoms with van der Waals surface area (Å²) in [6.07, 6.45) is 4.31. The number of hydrogen-bond acceptors (Lipinski definition) is 5. The molecule has 1 rings (SSSR count). The Hall–Kier alpha value is -1.56. The van der Waals surface area contributed by atoms with Gasteiger partial charge in [0.15, 0.2) is 0 Å². The lowest BCUT2D eigenvalue weighted by Gasteiger charge is -2.27. The van der Waals surface area contributed by atoms with Crippen LogP contribution < -0.4 is 5.32 Å². The summed E-state index contributed by atoms with van der Waals surface area (Å²) in [6.45, 7) is 8.57. The molecule has 0 aromatic heterocycles. The third-order valence-electron chi connectivity index (χ3n) is 3.57. The van der Waals surface area contributed by atoms with Gasteiger partial charge in [-0.1, -0.05) is 26.3 Å². The normalized spacial score (nSPS) is 20.5. The molecule has 0 radical (unpaired) electrons. The number of amides is 1. The summed E-state index contributed by atoms with van der Waals surface area (Å²) < 4.78 is 15.9. The topological polar surface area (TPSA) is 73.9 Å². The second-order valence-electron chi connectivity index (χ2n) is 5.68. The van der Waals surface area contributed by atoms with Crippen LogP contribution in [0.25, 0.3) is 0 Å². The fourth-order valence-electron chi connectivity index (χ4n) is 2.27. The van der Waals surface area contributed by atoms with Gasteiger partial charge in [0, 0.05) is 12.0 Å². The van der Waals surface area contributed by atoms with E-state index in [0.717, 1.165) is 32.1 Å². The van der Waals surface area contributed by atoms with E-state index in [9.17, 15) is 9.59 Å². The van der Waals surface area contributed by atoms with Crippen molar-refractivity contribution in [3.63, 3.8) is 0 Å². The van der Waals surface area contributed by atoms with Crippen LogP contribution in [0.5, 0.6) is 0 Å². The molecule has 1 atom stereocenters. The highest BCUT2D eigenvalue weighted by Gasteiger charge is 2.38. The lowest BCUT2D eigenvalue weighted by molar-refractivity contribution is -0.138. The van der Waals surface area contributed by atoms with E-state index in [4.69, 9.17) is 14.2 Å². The van der Waals surface area contributed by atoms with Crippen molar-refractivity contribution < 1.29 is 23.8 Å². The maximum absolute atomic E-state index is 11.9. The summed E-state index contributed by atoms with van der Waals surface area (Å²) in [7, 11) is 0. The molecule has 6 nitrogen and oxygen atoms in total. The number of rotatable bonds is 9. The second-order valence-corrected chi connectivity index (χ2v) is 5.68. The Morgan fingerprint density at radius 2 is 2.14 bits per heavy atom. The molecule has 1 aliphatic heterocycles. The summed E-state index contributed by atoms with van der Waals surface area (Å²) in [4.78, 5) is 23.1. The molecule has 126 valence electrons. The Kier molecular flexibility index (Phi) is 7.95. The van der Waals surface area contributed by atoms with Crippen LogP contribution in [0.1, 0.15) is 46.0 Å². The Morgan fingerprint density at radius 1 is 1.36 bits per heavy atom. The molecule has 0 aliphatic carbocycles. The highest BCUT2D eigenvalue weighted by atomic mass is 16.6. The highest BCUT2D eigenvalue weighted by molar-refractivity contribution is 5.86. The van der Waals surface area contributed by atoms with E-state index >= 15 is 0 Å². The zero-order valence-electron chi connectivity index (χ0n) is 13.6. The maximum Gasteiger partial charge on any atom is 0.407 e. The van der Waals surface area contributed by atoms with E-state index in [1.165, 1.54) is 0 Å². The van der Waals surface area contributed by atoms with Gasteiger partial charge in [-0.2, -0.15) is 0 Å². The van der Waals surface area contributed by atoms with E-state index in [1.807, 2.05) is 0 Å². The summed E-state index contributed by atoms with van der Waals surface area (Å²) in [5.74, 6) is -0.463. The average molecular weight is 313 g/mol. The maximum atomic E-state index is 11.9. The number of carbonyl (C=O) groups excluding carboxylic acids is 2. The molecule has 1 saturated heterocycles. The van der Waals surface area contributed by atoms with Crippen molar-refractivity contribution >= 4 is 12.1 Å². The molecule has 1 heterocycles. The molecule has 1 unspecified atom stereocenters. The lowest BCUT2D eigenvalue weighted by atomic mass is 9.95. The number of carbonyl (C=O) groups is 2. The number of nitrogens with one attached hydrogen (secondary N) is 1. The number of hydrogen-bond donors (Lipinski definition) is 1. The Morgan fingerprint density at radius 3 is 2.73 bits per heavy atom. The van der Waals surface area contributed by atoms with Crippen LogP contribution in [0.4, 0.5) is 4.79 Å². The summed E-state index contributed by atoms with van der Waals surface area (Å²) in [5.41, 5.74) is -0.172. The van der Waals surface area contributed by atoms with Crippen molar-refractivity contribution in [2.24, 2.45) is 0 Å². The van der Waals surface area contributed by atoms with Gasteiger partial charge in [-0.25, -0.2) is 9.59 Å². The quantitative estimate of drug-likeness (QED) is 0.402. The minimum Gasteiger partial charge on any atom is -0.460 e. The molecule has 0 bridgehead atoms. The molecule has 1 N–H and O–H groups in total. The first-order valence-corrected chi connectivity index (χ1v) is 7.86. The van der Waals surface area contributed by atoms with Crippen molar-refractivity contribution in [2.45, 2.75) is 51.6 Å². The molecule has 1 aliphatic rings. The number of unbranched alkanes of at least 4 members (excludes halogenated alkanes) is 2. The molecular weight excluding hydrogens is 286 g/mol. The molecule has 22 heavy (non-hydrogen) atoms. The number of alkyl carbamates (subject to hydrolysis) is 1. The van der Waals surface area contributed by atoms with Crippen LogP contribution in [0.2, 0.25) is 0 Å². The van der Waals surface area contributed by atoms with Gasteiger partial charge in [0.25, 0.3) is 0 Å². The van der Waals surface area contributed by atoms with Crippen LogP contribution >= 0.6 is 0 Å². The van der Waals surface area contributed by atoms with Gasteiger partial charge in [0.2, 0.25) is 0 Å². The van der Waals surface area contributed by atoms with Gasteiger partial charge >= 0.3 is 12.1 Å². The van der Waals surface area contributed by atoms with E-state index in [-0.39, 0.29) is 13.2 Å². The zero-order chi connectivity index (χ0) is 16.4. The van der Waals surface area contributed by atoms with Crippen LogP contribution in [0, 0.1) is 0 Å². The fraction of sp³-hybridized carbons (Fsp3) is 0.750. The van der Waals surface area contributed by atoms with E-state index in [2.05, 4.69) is 18.8 Å². The number of esters is 1. The third kappa shape index (κ3) is 6.47. The van der Waals surface area contributed by atoms with Crippen LogP contribution in [-0.2, 0) is 19.0 Å². The van der Waals surface area contributed by atoms with Crippen molar-refractivity contribution in [3.05, 3.63) is 12.2 Å². The first kappa shape index (κ1) is 18.5. The van der Waals surface area contributed by atoms with E-state index in [0.29, 0.717) is 18.8 Å². The molecule has 0 aromatic carbocycles. The van der Waals surface area contributed by atoms with Crippen molar-refractivity contribution in [2.75, 3.05) is 26.4 Å². The predicted octanol–water partition coefficient (Wildman–Crippen LogP) is 2.57. The molecule has 0 aromatic rings. The Bertz CT molecular complexity index is 388. The average Bonchev–Trinajstić information content (AvgIpc) is 2.92. The highest BCUT2D eigenvalue weighted by Crippen LogP contribution is 2.29. The van der Waals surface area contributed by atoms with Crippen LogP contribution in [-0.4, -0.2) is 44.0 Å². The van der Waals surface area contributed by atoms with Gasteiger partial charge in [-0.3, -0.25) is 0 Å². The summed E-state index contributed by atoms with van der Waals surface area (Å²) in [6, 6.07) is 0. The second kappa shape index (κ2) is 9.46. The van der Waals surface area contributed by atoms with Gasteiger partial charge in [0.1, 0.15) is 12.2 Å². The zero-order valence-corrected chi connectivity index (χ0v) is 13.6. The summed E-state index contributed by atoms with van der Waals surface area (Å²) >= 11 is 0. The molecule has 1 fully saturated rings. The monoisotopic (exact) mass is 313 g/mol. The lowest BCUT2D eigenvalue weighted by Crippen LogP contribution is -2.40. The summed E-state index contributed by atoms with van der Waals surface area (Å²) in [5, 5.41) is 2.60. The minimum absolute atomic E-state index is 0.0973. The van der Waals surface area contributed by atoms with Gasteiger partial charge in [0.05, 0.1) is 19.8 Å². The van der Waals surface area contributed by atoms with Crippen molar-refractivity contribution in [1.29, 1.82) is 0 Å². The van der Waals surface area contributed by atoms with Gasteiger partial charge in [-0.15, -0.1) is 0 Å². The fourth-order valence-corrected chi connectivity index (χ4v) is 2.27. The molecule has 6 heteroatoms. The van der Waals surface area contributed by atoms with Crippen molar-refractivity contribution in [3.8, 4) is 0 Å². The van der Waals surface area contributed by atoms with Gasteiger partial charge < -0.3 is 19.5 Å². The van der Waals surface area contributed by atoms with E-state index < -0.39 is 17.7 Å². The Balaban J connectivity index is 2.28. The standard InChI is InChI=1S/C16H27NO5/c1-4-5-6-7-16(8-10-20-12-16)22-15(19)17-9-11-21-14(18)13(2)3/h2,4-12H2,1,3H3,(H,17,19). The number of ether oxygens (including phenoxy) is 3. The van der Waals surface area contributed by atoms with Crippen LogP contribution in [0.3, 0.4) is 0 Å². The largest absolute Gasteiger partial charge is 0.460 e. The van der Waals surface area contributed by atoms with Crippen molar-refractivity contribution in [1.82, 2.24) is 5.32 Å². The molecule has 0 saturated carbocycles. The molecule has 0 spiro atoms. The predicted molar refractivity (Wildman–Crippen MR) is 82.6 cm³/mol. The van der Waals surface area contributed by atoms with E-state index in [1.54, 1.807) is 6.92 Å². The molecule has 1 amide bonds. The SMILES string of the molecule is C=C(C)C(=O)OCCNC(=O)OC1(CCCCC)CCOC1. The smallest absolute Gasteiger partial charge is 0.407 e. The van der Waals surface area contributed by atoms with Gasteiger partial charge in [-0.05, 0) is 19.8 Å². The first-order valence-electron chi connectivity index (χ1n) is 7.86. The van der Waals surface area contributed by atoms with Crippen LogP contribution in [0.15, 0.2) is 12.2 Å². The Labute approximate surface area is 132 Å². The first-order chi connectivity index (χ1) is 10.5. The third-order valence-corrected chi connectivity index (χ3v) is 3.57. The molecular formula is C16H27NO5.